The molecule has 0 saturated carbocycles. The van der Waals surface area contributed by atoms with Crippen molar-refractivity contribution < 1.29 is 18.0 Å². The van der Waals surface area contributed by atoms with Crippen LogP contribution in [-0.2, 0) is 14.8 Å². The van der Waals surface area contributed by atoms with Crippen molar-refractivity contribution in [1.82, 2.24) is 10.2 Å². The number of aryl methyl sites for hydroxylation is 3. The van der Waals surface area contributed by atoms with E-state index in [1.54, 1.807) is 49.1 Å². The Balaban J connectivity index is 1.76. The van der Waals surface area contributed by atoms with Crippen LogP contribution in [-0.4, -0.2) is 44.3 Å². The quantitative estimate of drug-likeness (QED) is 0.626. The lowest BCUT2D eigenvalue weighted by molar-refractivity contribution is -0.124. The first kappa shape index (κ1) is 23.5. The average Bonchev–Trinajstić information content (AvgIpc) is 3.20. The number of carbonyl (C=O) groups excluding carboxylic acids is 2. The standard InChI is InChI=1S/C24H29N3O4S/c1-5-12-25-23(28)21-7-6-13-27(21)24(29)19-8-10-20(11-9-19)26-32(30,31)22-17(3)14-16(2)15-18(22)4/h5,8-11,14-15,21,26H,1,6-7,12-13H2,2-4H3,(H,25,28)/t21-/m0/s1. The lowest BCUT2D eigenvalue weighted by Gasteiger charge is -2.24. The van der Waals surface area contributed by atoms with Gasteiger partial charge in [-0.25, -0.2) is 8.42 Å². The molecule has 1 saturated heterocycles. The van der Waals surface area contributed by atoms with Gasteiger partial charge in [0.1, 0.15) is 6.04 Å². The molecule has 1 atom stereocenters. The van der Waals surface area contributed by atoms with Crippen LogP contribution in [0.25, 0.3) is 0 Å². The maximum atomic E-state index is 13.0. The van der Waals surface area contributed by atoms with Gasteiger partial charge < -0.3 is 10.2 Å². The van der Waals surface area contributed by atoms with Gasteiger partial charge in [-0.3, -0.25) is 14.3 Å². The Hall–Kier alpha value is -3.13. The predicted molar refractivity (Wildman–Crippen MR) is 125 cm³/mol. The smallest absolute Gasteiger partial charge is 0.262 e. The third-order valence-electron chi connectivity index (χ3n) is 5.49. The number of nitrogens with zero attached hydrogens (tertiary/aromatic N) is 1. The molecule has 1 fully saturated rings. The Morgan fingerprint density at radius 3 is 2.34 bits per heavy atom. The molecule has 8 heteroatoms. The van der Waals surface area contributed by atoms with E-state index in [0.29, 0.717) is 41.9 Å². The molecule has 1 heterocycles. The summed E-state index contributed by atoms with van der Waals surface area (Å²) in [6.07, 6.45) is 2.96. The molecule has 170 valence electrons. The molecule has 2 N–H and O–H groups in total. The summed E-state index contributed by atoms with van der Waals surface area (Å²) in [4.78, 5) is 27.1. The number of carbonyl (C=O) groups is 2. The van der Waals surface area contributed by atoms with Crippen LogP contribution in [0, 0.1) is 20.8 Å². The number of hydrogen-bond donors (Lipinski definition) is 2. The fraction of sp³-hybridized carbons (Fsp3) is 0.333. The lowest BCUT2D eigenvalue weighted by Crippen LogP contribution is -2.46. The van der Waals surface area contributed by atoms with Crippen LogP contribution >= 0.6 is 0 Å². The first-order chi connectivity index (χ1) is 15.1. The van der Waals surface area contributed by atoms with E-state index >= 15 is 0 Å². The van der Waals surface area contributed by atoms with Crippen LogP contribution < -0.4 is 10.0 Å². The van der Waals surface area contributed by atoms with Gasteiger partial charge in [0.25, 0.3) is 15.9 Å². The topological polar surface area (TPSA) is 95.6 Å². The molecule has 0 radical (unpaired) electrons. The molecular weight excluding hydrogens is 426 g/mol. The van der Waals surface area contributed by atoms with Crippen LogP contribution in [0.3, 0.4) is 0 Å². The third kappa shape index (κ3) is 5.02. The molecule has 2 aromatic rings. The van der Waals surface area contributed by atoms with E-state index in [-0.39, 0.29) is 16.7 Å². The van der Waals surface area contributed by atoms with E-state index < -0.39 is 16.1 Å². The predicted octanol–water partition coefficient (Wildman–Crippen LogP) is 3.32. The van der Waals surface area contributed by atoms with E-state index in [2.05, 4.69) is 16.6 Å². The second kappa shape index (κ2) is 9.56. The minimum Gasteiger partial charge on any atom is -0.351 e. The Labute approximate surface area is 189 Å². The van der Waals surface area contributed by atoms with Crippen LogP contribution in [0.1, 0.15) is 39.9 Å². The minimum atomic E-state index is -3.78. The summed E-state index contributed by atoms with van der Waals surface area (Å²) in [6.45, 7) is 9.91. The zero-order chi connectivity index (χ0) is 23.5. The van der Waals surface area contributed by atoms with Gasteiger partial charge in [0.05, 0.1) is 4.90 Å². The van der Waals surface area contributed by atoms with Crippen LogP contribution in [0.4, 0.5) is 5.69 Å². The Bertz CT molecular complexity index is 1120. The number of sulfonamides is 1. The van der Waals surface area contributed by atoms with Crippen molar-refractivity contribution in [1.29, 1.82) is 0 Å². The molecule has 7 nitrogen and oxygen atoms in total. The molecule has 0 unspecified atom stereocenters. The van der Waals surface area contributed by atoms with Gasteiger partial charge in [-0.15, -0.1) is 6.58 Å². The van der Waals surface area contributed by atoms with Crippen LogP contribution in [0.5, 0.6) is 0 Å². The van der Waals surface area contributed by atoms with Gasteiger partial charge in [0.15, 0.2) is 0 Å². The van der Waals surface area contributed by atoms with E-state index in [1.807, 2.05) is 19.1 Å². The fourth-order valence-electron chi connectivity index (χ4n) is 4.22. The first-order valence-electron chi connectivity index (χ1n) is 10.5. The monoisotopic (exact) mass is 455 g/mol. The summed E-state index contributed by atoms with van der Waals surface area (Å²) in [5.41, 5.74) is 3.12. The van der Waals surface area contributed by atoms with Crippen LogP contribution in [0.15, 0.2) is 53.9 Å². The van der Waals surface area contributed by atoms with Crippen molar-refractivity contribution in [2.24, 2.45) is 0 Å². The summed E-state index contributed by atoms with van der Waals surface area (Å²) in [5, 5.41) is 2.75. The van der Waals surface area contributed by atoms with Gasteiger partial charge in [-0.2, -0.15) is 0 Å². The molecule has 0 aromatic heterocycles. The average molecular weight is 456 g/mol. The number of anilines is 1. The van der Waals surface area contributed by atoms with Crippen molar-refractivity contribution in [3.05, 3.63) is 71.3 Å². The maximum absolute atomic E-state index is 13.0. The Morgan fingerprint density at radius 2 is 1.75 bits per heavy atom. The zero-order valence-corrected chi connectivity index (χ0v) is 19.5. The summed E-state index contributed by atoms with van der Waals surface area (Å²) >= 11 is 0. The molecule has 0 aliphatic carbocycles. The first-order valence-corrected chi connectivity index (χ1v) is 12.0. The Morgan fingerprint density at radius 1 is 1.12 bits per heavy atom. The highest BCUT2D eigenvalue weighted by Crippen LogP contribution is 2.25. The highest BCUT2D eigenvalue weighted by Gasteiger charge is 2.34. The highest BCUT2D eigenvalue weighted by molar-refractivity contribution is 7.92. The van der Waals surface area contributed by atoms with Gasteiger partial charge in [0, 0.05) is 24.3 Å². The molecule has 1 aliphatic heterocycles. The summed E-state index contributed by atoms with van der Waals surface area (Å²) in [7, 11) is -3.78. The van der Waals surface area contributed by atoms with E-state index in [4.69, 9.17) is 0 Å². The molecule has 1 aliphatic rings. The number of likely N-dealkylation sites (tertiary alicyclic amines) is 1. The second-order valence-corrected chi connectivity index (χ2v) is 9.72. The van der Waals surface area contributed by atoms with Gasteiger partial charge in [0.2, 0.25) is 5.91 Å². The normalized spacial score (nSPS) is 16.0. The maximum Gasteiger partial charge on any atom is 0.262 e. The van der Waals surface area contributed by atoms with E-state index in [0.717, 1.165) is 12.0 Å². The van der Waals surface area contributed by atoms with Crippen molar-refractivity contribution >= 4 is 27.5 Å². The number of hydrogen-bond acceptors (Lipinski definition) is 4. The number of rotatable bonds is 7. The molecule has 0 spiro atoms. The molecule has 0 bridgehead atoms. The van der Waals surface area contributed by atoms with Crippen molar-refractivity contribution in [2.45, 2.75) is 44.6 Å². The van der Waals surface area contributed by atoms with Gasteiger partial charge >= 0.3 is 0 Å². The molecular formula is C24H29N3O4S. The zero-order valence-electron chi connectivity index (χ0n) is 18.6. The van der Waals surface area contributed by atoms with Crippen molar-refractivity contribution in [2.75, 3.05) is 17.8 Å². The van der Waals surface area contributed by atoms with Crippen molar-refractivity contribution in [3.63, 3.8) is 0 Å². The summed E-state index contributed by atoms with van der Waals surface area (Å²) in [5.74, 6) is -0.440. The number of benzene rings is 2. The minimum absolute atomic E-state index is 0.191. The summed E-state index contributed by atoms with van der Waals surface area (Å²) < 4.78 is 28.5. The van der Waals surface area contributed by atoms with E-state index in [1.165, 1.54) is 0 Å². The van der Waals surface area contributed by atoms with Crippen molar-refractivity contribution in [3.8, 4) is 0 Å². The Kier molecular flexibility index (Phi) is 7.03. The summed E-state index contributed by atoms with van der Waals surface area (Å²) in [6, 6.07) is 9.44. The van der Waals surface area contributed by atoms with Crippen LogP contribution in [0.2, 0.25) is 0 Å². The van der Waals surface area contributed by atoms with Gasteiger partial charge in [-0.05, 0) is 69.0 Å². The largest absolute Gasteiger partial charge is 0.351 e. The number of amides is 2. The SMILES string of the molecule is C=CCNC(=O)[C@@H]1CCCN1C(=O)c1ccc(NS(=O)(=O)c2c(C)cc(C)cc2C)cc1. The van der Waals surface area contributed by atoms with Gasteiger partial charge in [-0.1, -0.05) is 23.8 Å². The second-order valence-electron chi connectivity index (χ2n) is 8.10. The molecule has 2 aromatic carbocycles. The highest BCUT2D eigenvalue weighted by atomic mass is 32.2. The lowest BCUT2D eigenvalue weighted by atomic mass is 10.1. The van der Waals surface area contributed by atoms with E-state index in [9.17, 15) is 18.0 Å². The molecule has 2 amide bonds. The number of nitrogens with one attached hydrogen (secondary N) is 2. The fourth-order valence-corrected chi connectivity index (χ4v) is 5.73. The molecule has 3 rings (SSSR count). The third-order valence-corrected chi connectivity index (χ3v) is 7.18. The molecule has 32 heavy (non-hydrogen) atoms.